The molecular formula is C17H22N4. The second kappa shape index (κ2) is 5.35. The van der Waals surface area contributed by atoms with Crippen LogP contribution in [0.5, 0.6) is 0 Å². The van der Waals surface area contributed by atoms with Crippen molar-refractivity contribution in [1.29, 1.82) is 0 Å². The average molecular weight is 282 g/mol. The van der Waals surface area contributed by atoms with Crippen LogP contribution < -0.4 is 10.6 Å². The molecule has 3 rings (SSSR count). The number of aryl methyl sites for hydroxylation is 2. The summed E-state index contributed by atoms with van der Waals surface area (Å²) in [5, 5.41) is 0. The first-order valence-corrected chi connectivity index (χ1v) is 7.57. The molecule has 1 aromatic heterocycles. The average Bonchev–Trinajstić information content (AvgIpc) is 2.50. The van der Waals surface area contributed by atoms with Gasteiger partial charge in [0.2, 0.25) is 0 Å². The van der Waals surface area contributed by atoms with Crippen molar-refractivity contribution in [3.63, 3.8) is 0 Å². The SMILES string of the molecule is CCc1nc(-c2ccc3c(c2)CCCN3C)nc(N)c1C. The lowest BCUT2D eigenvalue weighted by molar-refractivity contribution is 0.744. The van der Waals surface area contributed by atoms with E-state index >= 15 is 0 Å². The van der Waals surface area contributed by atoms with Crippen LogP contribution in [0, 0.1) is 6.92 Å². The lowest BCUT2D eigenvalue weighted by Crippen LogP contribution is -2.24. The fourth-order valence-corrected chi connectivity index (χ4v) is 2.98. The number of hydrogen-bond donors (Lipinski definition) is 1. The molecule has 0 radical (unpaired) electrons. The Hall–Kier alpha value is -2.10. The third-order valence-corrected chi connectivity index (χ3v) is 4.31. The first-order chi connectivity index (χ1) is 10.1. The summed E-state index contributed by atoms with van der Waals surface area (Å²) in [4.78, 5) is 11.5. The molecule has 4 nitrogen and oxygen atoms in total. The monoisotopic (exact) mass is 282 g/mol. The van der Waals surface area contributed by atoms with E-state index in [4.69, 9.17) is 5.73 Å². The van der Waals surface area contributed by atoms with Crippen molar-refractivity contribution in [3.8, 4) is 11.4 Å². The lowest BCUT2D eigenvalue weighted by Gasteiger charge is -2.27. The Kier molecular flexibility index (Phi) is 3.53. The summed E-state index contributed by atoms with van der Waals surface area (Å²) < 4.78 is 0. The number of hydrogen-bond acceptors (Lipinski definition) is 4. The van der Waals surface area contributed by atoms with Gasteiger partial charge in [-0.15, -0.1) is 0 Å². The van der Waals surface area contributed by atoms with Crippen LogP contribution in [0.1, 0.15) is 30.2 Å². The molecule has 0 fully saturated rings. The molecule has 0 amide bonds. The Bertz CT molecular complexity index is 679. The molecule has 1 aromatic carbocycles. The predicted molar refractivity (Wildman–Crippen MR) is 87.6 cm³/mol. The third-order valence-electron chi connectivity index (χ3n) is 4.31. The molecule has 21 heavy (non-hydrogen) atoms. The topological polar surface area (TPSA) is 55.0 Å². The predicted octanol–water partition coefficient (Wildman–Crippen LogP) is 2.98. The Morgan fingerprint density at radius 1 is 1.29 bits per heavy atom. The van der Waals surface area contributed by atoms with Crippen molar-refractivity contribution in [2.24, 2.45) is 0 Å². The third kappa shape index (κ3) is 2.46. The Morgan fingerprint density at radius 2 is 2.10 bits per heavy atom. The number of nitrogen functional groups attached to an aromatic ring is 1. The van der Waals surface area contributed by atoms with Crippen molar-refractivity contribution in [2.75, 3.05) is 24.2 Å². The summed E-state index contributed by atoms with van der Waals surface area (Å²) in [7, 11) is 2.15. The van der Waals surface area contributed by atoms with E-state index in [1.54, 1.807) is 0 Å². The molecule has 0 atom stereocenters. The maximum atomic E-state index is 6.03. The zero-order valence-corrected chi connectivity index (χ0v) is 13.0. The van der Waals surface area contributed by atoms with Crippen LogP contribution in [0.3, 0.4) is 0 Å². The van der Waals surface area contributed by atoms with Gasteiger partial charge in [0.25, 0.3) is 0 Å². The fourth-order valence-electron chi connectivity index (χ4n) is 2.98. The number of rotatable bonds is 2. The highest BCUT2D eigenvalue weighted by Gasteiger charge is 2.16. The quantitative estimate of drug-likeness (QED) is 0.920. The van der Waals surface area contributed by atoms with Gasteiger partial charge < -0.3 is 10.6 Å². The van der Waals surface area contributed by atoms with Gasteiger partial charge in [0.15, 0.2) is 5.82 Å². The number of nitrogens with two attached hydrogens (primary N) is 1. The largest absolute Gasteiger partial charge is 0.383 e. The smallest absolute Gasteiger partial charge is 0.161 e. The summed E-state index contributed by atoms with van der Waals surface area (Å²) in [5.74, 6) is 1.33. The molecule has 2 heterocycles. The molecule has 2 aromatic rings. The van der Waals surface area contributed by atoms with E-state index in [-0.39, 0.29) is 0 Å². The maximum Gasteiger partial charge on any atom is 0.161 e. The molecule has 1 aliphatic rings. The molecule has 4 heteroatoms. The van der Waals surface area contributed by atoms with Crippen molar-refractivity contribution >= 4 is 11.5 Å². The van der Waals surface area contributed by atoms with E-state index in [1.807, 2.05) is 6.92 Å². The van der Waals surface area contributed by atoms with E-state index in [1.165, 1.54) is 17.7 Å². The zero-order chi connectivity index (χ0) is 15.0. The zero-order valence-electron chi connectivity index (χ0n) is 13.0. The standard InChI is InChI=1S/C17H22N4/c1-4-14-11(2)16(18)20-17(19-14)13-7-8-15-12(10-13)6-5-9-21(15)3/h7-8,10H,4-6,9H2,1-3H3,(H2,18,19,20). The van der Waals surface area contributed by atoms with Crippen LogP contribution in [0.4, 0.5) is 11.5 Å². The number of aromatic nitrogens is 2. The van der Waals surface area contributed by atoms with Gasteiger partial charge >= 0.3 is 0 Å². The molecule has 0 saturated carbocycles. The minimum Gasteiger partial charge on any atom is -0.383 e. The van der Waals surface area contributed by atoms with Crippen LogP contribution in [0.15, 0.2) is 18.2 Å². The van der Waals surface area contributed by atoms with Gasteiger partial charge in [-0.05, 0) is 49.9 Å². The van der Waals surface area contributed by atoms with Crippen molar-refractivity contribution in [1.82, 2.24) is 9.97 Å². The van der Waals surface area contributed by atoms with Gasteiger partial charge in [0, 0.05) is 36.1 Å². The van der Waals surface area contributed by atoms with E-state index in [2.05, 4.69) is 47.0 Å². The van der Waals surface area contributed by atoms with Gasteiger partial charge in [-0.3, -0.25) is 0 Å². The van der Waals surface area contributed by atoms with Crippen molar-refractivity contribution in [3.05, 3.63) is 35.0 Å². The number of benzene rings is 1. The van der Waals surface area contributed by atoms with Gasteiger partial charge in [0.1, 0.15) is 5.82 Å². The van der Waals surface area contributed by atoms with E-state index < -0.39 is 0 Å². The highest BCUT2D eigenvalue weighted by Crippen LogP contribution is 2.30. The van der Waals surface area contributed by atoms with Crippen LogP contribution in [-0.2, 0) is 12.8 Å². The van der Waals surface area contributed by atoms with E-state index in [0.717, 1.165) is 42.0 Å². The van der Waals surface area contributed by atoms with Gasteiger partial charge in [-0.25, -0.2) is 9.97 Å². The number of fused-ring (bicyclic) bond motifs is 1. The number of nitrogens with zero attached hydrogens (tertiary/aromatic N) is 3. The first-order valence-electron chi connectivity index (χ1n) is 7.57. The molecule has 0 saturated heterocycles. The lowest BCUT2D eigenvalue weighted by atomic mass is 9.99. The molecule has 110 valence electrons. The highest BCUT2D eigenvalue weighted by atomic mass is 15.1. The molecule has 1 aliphatic heterocycles. The minimum absolute atomic E-state index is 0.590. The maximum absolute atomic E-state index is 6.03. The summed E-state index contributed by atoms with van der Waals surface area (Å²) >= 11 is 0. The van der Waals surface area contributed by atoms with Gasteiger partial charge in [0.05, 0.1) is 0 Å². The normalized spacial score (nSPS) is 14.1. The highest BCUT2D eigenvalue weighted by molar-refractivity contribution is 5.66. The molecule has 2 N–H and O–H groups in total. The van der Waals surface area contributed by atoms with E-state index in [0.29, 0.717) is 5.82 Å². The Labute approximate surface area is 126 Å². The summed E-state index contributed by atoms with van der Waals surface area (Å²) in [5.41, 5.74) is 11.8. The summed E-state index contributed by atoms with van der Waals surface area (Å²) in [6.07, 6.45) is 3.19. The molecule has 0 aliphatic carbocycles. The summed E-state index contributed by atoms with van der Waals surface area (Å²) in [6, 6.07) is 6.49. The minimum atomic E-state index is 0.590. The van der Waals surface area contributed by atoms with Crippen molar-refractivity contribution in [2.45, 2.75) is 33.1 Å². The molecular weight excluding hydrogens is 260 g/mol. The van der Waals surface area contributed by atoms with Crippen molar-refractivity contribution < 1.29 is 0 Å². The van der Waals surface area contributed by atoms with Crippen LogP contribution in [0.25, 0.3) is 11.4 Å². The fraction of sp³-hybridized carbons (Fsp3) is 0.412. The molecule has 0 bridgehead atoms. The second-order valence-electron chi connectivity index (χ2n) is 5.73. The van der Waals surface area contributed by atoms with Crippen LogP contribution in [0.2, 0.25) is 0 Å². The number of anilines is 2. The van der Waals surface area contributed by atoms with Gasteiger partial charge in [-0.2, -0.15) is 0 Å². The summed E-state index contributed by atoms with van der Waals surface area (Å²) in [6.45, 7) is 5.21. The van der Waals surface area contributed by atoms with Crippen LogP contribution in [-0.4, -0.2) is 23.6 Å². The van der Waals surface area contributed by atoms with E-state index in [9.17, 15) is 0 Å². The molecule has 0 spiro atoms. The molecule has 0 unspecified atom stereocenters. The van der Waals surface area contributed by atoms with Gasteiger partial charge in [-0.1, -0.05) is 6.92 Å². The van der Waals surface area contributed by atoms with Crippen LogP contribution >= 0.6 is 0 Å². The first kappa shape index (κ1) is 13.9. The second-order valence-corrected chi connectivity index (χ2v) is 5.73. The Morgan fingerprint density at radius 3 is 2.86 bits per heavy atom. The Balaban J connectivity index is 2.07.